The lowest BCUT2D eigenvalue weighted by molar-refractivity contribution is -0.118. The van der Waals surface area contributed by atoms with Gasteiger partial charge < -0.3 is 19.5 Å². The SMILES string of the molecule is COc1ccc(NC(=O)COc2nc(C(C)C)c3c(c2C#N)CCC3)c(OC)c1. The molecule has 7 heteroatoms. The van der Waals surface area contributed by atoms with Crippen LogP contribution < -0.4 is 19.5 Å². The fraction of sp³-hybridized carbons (Fsp3) is 0.409. The first kappa shape index (κ1) is 20.5. The molecule has 0 atom stereocenters. The second-order valence-electron chi connectivity index (χ2n) is 7.16. The minimum absolute atomic E-state index is 0.217. The van der Waals surface area contributed by atoms with Crippen molar-refractivity contribution in [3.63, 3.8) is 0 Å². The summed E-state index contributed by atoms with van der Waals surface area (Å²) in [5.41, 5.74) is 4.07. The van der Waals surface area contributed by atoms with Gasteiger partial charge in [-0.3, -0.25) is 4.79 Å². The van der Waals surface area contributed by atoms with Crippen LogP contribution in [0.2, 0.25) is 0 Å². The van der Waals surface area contributed by atoms with Crippen LogP contribution >= 0.6 is 0 Å². The Morgan fingerprint density at radius 1 is 1.24 bits per heavy atom. The molecule has 152 valence electrons. The molecule has 0 bridgehead atoms. The minimum atomic E-state index is -0.370. The summed E-state index contributed by atoms with van der Waals surface area (Å²) in [7, 11) is 3.07. The van der Waals surface area contributed by atoms with Crippen LogP contribution in [0.25, 0.3) is 0 Å². The maximum absolute atomic E-state index is 12.4. The highest BCUT2D eigenvalue weighted by molar-refractivity contribution is 5.93. The van der Waals surface area contributed by atoms with E-state index in [0.717, 1.165) is 36.1 Å². The first-order valence-corrected chi connectivity index (χ1v) is 9.58. The van der Waals surface area contributed by atoms with Gasteiger partial charge in [0.15, 0.2) is 6.61 Å². The first-order valence-electron chi connectivity index (χ1n) is 9.58. The maximum Gasteiger partial charge on any atom is 0.262 e. The number of rotatable bonds is 7. The highest BCUT2D eigenvalue weighted by atomic mass is 16.5. The normalized spacial score (nSPS) is 12.3. The molecular formula is C22H25N3O4. The molecule has 7 nitrogen and oxygen atoms in total. The van der Waals surface area contributed by atoms with Crippen molar-refractivity contribution in [3.8, 4) is 23.4 Å². The summed E-state index contributed by atoms with van der Waals surface area (Å²) in [6.07, 6.45) is 2.78. The number of nitrogens with zero attached hydrogens (tertiary/aromatic N) is 2. The van der Waals surface area contributed by atoms with E-state index in [4.69, 9.17) is 14.2 Å². The van der Waals surface area contributed by atoms with Crippen molar-refractivity contribution in [2.24, 2.45) is 0 Å². The van der Waals surface area contributed by atoms with Gasteiger partial charge in [0, 0.05) is 6.07 Å². The number of benzene rings is 1. The van der Waals surface area contributed by atoms with Crippen LogP contribution in [0.3, 0.4) is 0 Å². The molecule has 3 rings (SSSR count). The molecule has 0 saturated carbocycles. The van der Waals surface area contributed by atoms with E-state index in [2.05, 4.69) is 30.2 Å². The quantitative estimate of drug-likeness (QED) is 0.770. The van der Waals surface area contributed by atoms with Crippen LogP contribution in [0.5, 0.6) is 17.4 Å². The number of ether oxygens (including phenoxy) is 3. The second-order valence-corrected chi connectivity index (χ2v) is 7.16. The Kier molecular flexibility index (Phi) is 6.23. The number of methoxy groups -OCH3 is 2. The largest absolute Gasteiger partial charge is 0.497 e. The van der Waals surface area contributed by atoms with E-state index in [1.54, 1.807) is 25.3 Å². The zero-order valence-electron chi connectivity index (χ0n) is 17.2. The van der Waals surface area contributed by atoms with Gasteiger partial charge in [-0.1, -0.05) is 13.8 Å². The molecule has 0 aliphatic heterocycles. The highest BCUT2D eigenvalue weighted by Gasteiger charge is 2.25. The fourth-order valence-corrected chi connectivity index (χ4v) is 3.58. The Morgan fingerprint density at radius 2 is 2.00 bits per heavy atom. The van der Waals surface area contributed by atoms with Crippen LogP contribution in [0.15, 0.2) is 18.2 Å². The molecule has 0 unspecified atom stereocenters. The van der Waals surface area contributed by atoms with E-state index >= 15 is 0 Å². The summed E-state index contributed by atoms with van der Waals surface area (Å²) >= 11 is 0. The molecule has 0 fully saturated rings. The Morgan fingerprint density at radius 3 is 2.66 bits per heavy atom. The Balaban J connectivity index is 1.77. The summed E-state index contributed by atoms with van der Waals surface area (Å²) in [5.74, 6) is 1.18. The molecule has 1 aliphatic rings. The topological polar surface area (TPSA) is 93.5 Å². The molecule has 1 heterocycles. The van der Waals surface area contributed by atoms with Crippen LogP contribution in [-0.4, -0.2) is 31.7 Å². The number of hydrogen-bond acceptors (Lipinski definition) is 6. The number of anilines is 1. The van der Waals surface area contributed by atoms with E-state index in [-0.39, 0.29) is 24.3 Å². The van der Waals surface area contributed by atoms with Crippen molar-refractivity contribution in [1.29, 1.82) is 5.26 Å². The van der Waals surface area contributed by atoms with Gasteiger partial charge in [-0.05, 0) is 48.4 Å². The standard InChI is InChI=1S/C22H25N3O4/c1-13(2)21-16-7-5-6-15(16)17(11-23)22(25-21)29-12-20(26)24-18-9-8-14(27-3)10-19(18)28-4/h8-10,13H,5-7,12H2,1-4H3,(H,24,26). The molecule has 0 spiro atoms. The zero-order valence-corrected chi connectivity index (χ0v) is 17.2. The van der Waals surface area contributed by atoms with Crippen LogP contribution in [-0.2, 0) is 17.6 Å². The number of aromatic nitrogens is 1. The monoisotopic (exact) mass is 395 g/mol. The zero-order chi connectivity index (χ0) is 21.0. The van der Waals surface area contributed by atoms with Gasteiger partial charge in [0.25, 0.3) is 5.91 Å². The number of carbonyl (C=O) groups is 1. The summed E-state index contributed by atoms with van der Waals surface area (Å²) in [5, 5.41) is 12.4. The molecule has 1 amide bonds. The molecular weight excluding hydrogens is 370 g/mol. The maximum atomic E-state index is 12.4. The molecule has 1 aromatic heterocycles. The molecule has 29 heavy (non-hydrogen) atoms. The number of pyridine rings is 1. The third-order valence-electron chi connectivity index (χ3n) is 4.95. The summed E-state index contributed by atoms with van der Waals surface area (Å²) in [6.45, 7) is 3.88. The van der Waals surface area contributed by atoms with Gasteiger partial charge in [-0.25, -0.2) is 4.98 Å². The number of amides is 1. The number of nitriles is 1. The van der Waals surface area contributed by atoms with E-state index in [9.17, 15) is 10.1 Å². The van der Waals surface area contributed by atoms with Crippen LogP contribution in [0.4, 0.5) is 5.69 Å². The lowest BCUT2D eigenvalue weighted by Crippen LogP contribution is -2.21. The van der Waals surface area contributed by atoms with Gasteiger partial charge >= 0.3 is 0 Å². The Bertz CT molecular complexity index is 964. The van der Waals surface area contributed by atoms with E-state index < -0.39 is 0 Å². The summed E-state index contributed by atoms with van der Waals surface area (Å²) in [6, 6.07) is 7.32. The Hall–Kier alpha value is -3.27. The van der Waals surface area contributed by atoms with E-state index in [1.807, 2.05) is 0 Å². The van der Waals surface area contributed by atoms with Crippen molar-refractivity contribution in [3.05, 3.63) is 40.6 Å². The predicted octanol–water partition coefficient (Wildman–Crippen LogP) is 3.60. The number of hydrogen-bond donors (Lipinski definition) is 1. The summed E-state index contributed by atoms with van der Waals surface area (Å²) < 4.78 is 16.1. The molecule has 0 saturated heterocycles. The second kappa shape index (κ2) is 8.82. The average molecular weight is 395 g/mol. The average Bonchev–Trinajstić information content (AvgIpc) is 3.21. The lowest BCUT2D eigenvalue weighted by Gasteiger charge is -2.16. The first-order chi connectivity index (χ1) is 14.0. The van der Waals surface area contributed by atoms with Crippen molar-refractivity contribution in [2.45, 2.75) is 39.0 Å². The van der Waals surface area contributed by atoms with Gasteiger partial charge in [0.2, 0.25) is 5.88 Å². The molecule has 0 radical (unpaired) electrons. The van der Waals surface area contributed by atoms with Crippen molar-refractivity contribution in [1.82, 2.24) is 4.98 Å². The highest BCUT2D eigenvalue weighted by Crippen LogP contribution is 2.35. The van der Waals surface area contributed by atoms with Crippen LogP contribution in [0.1, 0.15) is 48.6 Å². The van der Waals surface area contributed by atoms with Crippen molar-refractivity contribution in [2.75, 3.05) is 26.1 Å². The molecule has 1 aromatic carbocycles. The van der Waals surface area contributed by atoms with Crippen LogP contribution in [0, 0.1) is 11.3 Å². The van der Waals surface area contributed by atoms with Gasteiger partial charge in [0.1, 0.15) is 23.1 Å². The number of fused-ring (bicyclic) bond motifs is 1. The number of nitrogens with one attached hydrogen (secondary N) is 1. The van der Waals surface area contributed by atoms with Crippen molar-refractivity contribution < 1.29 is 19.0 Å². The van der Waals surface area contributed by atoms with Gasteiger partial charge in [-0.2, -0.15) is 5.26 Å². The molecule has 1 aliphatic carbocycles. The molecule has 1 N–H and O–H groups in total. The predicted molar refractivity (Wildman–Crippen MR) is 109 cm³/mol. The lowest BCUT2D eigenvalue weighted by atomic mass is 9.98. The number of carbonyl (C=O) groups excluding carboxylic acids is 1. The Labute approximate surface area is 170 Å². The van der Waals surface area contributed by atoms with E-state index in [0.29, 0.717) is 22.7 Å². The smallest absolute Gasteiger partial charge is 0.262 e. The molecule has 2 aromatic rings. The summed E-state index contributed by atoms with van der Waals surface area (Å²) in [4.78, 5) is 17.0. The van der Waals surface area contributed by atoms with Crippen molar-refractivity contribution >= 4 is 11.6 Å². The van der Waals surface area contributed by atoms with E-state index in [1.165, 1.54) is 7.11 Å². The fourth-order valence-electron chi connectivity index (χ4n) is 3.58. The van der Waals surface area contributed by atoms with Gasteiger partial charge in [0.05, 0.1) is 25.6 Å². The third-order valence-corrected chi connectivity index (χ3v) is 4.95. The van der Waals surface area contributed by atoms with Gasteiger partial charge in [-0.15, -0.1) is 0 Å². The minimum Gasteiger partial charge on any atom is -0.497 e. The third kappa shape index (κ3) is 4.27.